The van der Waals surface area contributed by atoms with Crippen LogP contribution < -0.4 is 0 Å². The minimum atomic E-state index is 0.530. The quantitative estimate of drug-likeness (QED) is 0.691. The van der Waals surface area contributed by atoms with Gasteiger partial charge in [0.1, 0.15) is 11.5 Å². The molecular formula is C18H24NS+. The smallest absolute Gasteiger partial charge is 0.180 e. The third-order valence-electron chi connectivity index (χ3n) is 5.01. The van der Waals surface area contributed by atoms with Gasteiger partial charge < -0.3 is 4.57 Å². The fraction of sp³-hybridized carbons (Fsp3) is 0.556. The van der Waals surface area contributed by atoms with Crippen LogP contribution in [0.3, 0.4) is 0 Å². The average molecular weight is 286 g/mol. The second kappa shape index (κ2) is 5.48. The van der Waals surface area contributed by atoms with E-state index < -0.39 is 0 Å². The zero-order valence-electron chi connectivity index (χ0n) is 12.2. The van der Waals surface area contributed by atoms with Crippen LogP contribution in [0.1, 0.15) is 51.0 Å². The highest BCUT2D eigenvalue weighted by Crippen LogP contribution is 2.36. The summed E-state index contributed by atoms with van der Waals surface area (Å²) in [7, 11) is 0.530. The van der Waals surface area contributed by atoms with E-state index in [-0.39, 0.29) is 0 Å². The fourth-order valence-electron chi connectivity index (χ4n) is 3.94. The highest BCUT2D eigenvalue weighted by molar-refractivity contribution is 7.97. The van der Waals surface area contributed by atoms with Crippen LogP contribution >= 0.6 is 0 Å². The lowest BCUT2D eigenvalue weighted by Gasteiger charge is -2.23. The number of hydrogen-bond acceptors (Lipinski definition) is 0. The molecule has 1 aromatic carbocycles. The maximum absolute atomic E-state index is 2.63. The molecule has 2 heterocycles. The summed E-state index contributed by atoms with van der Waals surface area (Å²) in [4.78, 5) is 1.67. The third kappa shape index (κ3) is 2.18. The Morgan fingerprint density at radius 2 is 1.65 bits per heavy atom. The van der Waals surface area contributed by atoms with Crippen molar-refractivity contribution >= 4 is 21.8 Å². The molecule has 0 radical (unpaired) electrons. The maximum Gasteiger partial charge on any atom is 0.180 e. The van der Waals surface area contributed by atoms with Crippen LogP contribution in [-0.2, 0) is 10.9 Å². The first-order valence-electron chi connectivity index (χ1n) is 8.20. The molecule has 1 aliphatic carbocycles. The summed E-state index contributed by atoms with van der Waals surface area (Å²) in [5.41, 5.74) is 1.49. The van der Waals surface area contributed by atoms with E-state index >= 15 is 0 Å². The van der Waals surface area contributed by atoms with Gasteiger partial charge in [-0.1, -0.05) is 31.4 Å². The largest absolute Gasteiger partial charge is 0.340 e. The van der Waals surface area contributed by atoms with E-state index in [1.165, 1.54) is 62.0 Å². The molecule has 1 nitrogen and oxygen atoms in total. The molecule has 0 spiro atoms. The predicted octanol–water partition coefficient (Wildman–Crippen LogP) is 4.92. The van der Waals surface area contributed by atoms with Gasteiger partial charge in [0.05, 0.1) is 17.1 Å². The first-order chi connectivity index (χ1) is 9.93. The number of benzene rings is 1. The molecule has 106 valence electrons. The van der Waals surface area contributed by atoms with Crippen LogP contribution in [0.2, 0.25) is 0 Å². The predicted molar refractivity (Wildman–Crippen MR) is 88.7 cm³/mol. The Morgan fingerprint density at radius 1 is 0.900 bits per heavy atom. The standard InChI is InChI=1S/C18H24NS/c1-2-8-15(9-3-1)19-14-18(20-12-6-7-13-20)16-10-4-5-11-17(16)19/h4-5,10-11,14-15H,1-3,6-9,12-13H2/q+1. The monoisotopic (exact) mass is 286 g/mol. The Morgan fingerprint density at radius 3 is 2.45 bits per heavy atom. The van der Waals surface area contributed by atoms with Crippen molar-refractivity contribution in [3.05, 3.63) is 30.5 Å². The Bertz CT molecular complexity index is 588. The van der Waals surface area contributed by atoms with E-state index in [2.05, 4.69) is 35.0 Å². The number of nitrogens with zero attached hydrogens (tertiary/aromatic N) is 1. The van der Waals surface area contributed by atoms with Crippen LogP contribution in [0.5, 0.6) is 0 Å². The molecule has 0 N–H and O–H groups in total. The van der Waals surface area contributed by atoms with Gasteiger partial charge in [-0.25, -0.2) is 0 Å². The second-order valence-electron chi connectivity index (χ2n) is 6.32. The minimum absolute atomic E-state index is 0.530. The van der Waals surface area contributed by atoms with Crippen molar-refractivity contribution < 1.29 is 0 Å². The summed E-state index contributed by atoms with van der Waals surface area (Å²) in [6.07, 6.45) is 12.4. The Hall–Kier alpha value is -0.890. The maximum atomic E-state index is 2.63. The highest BCUT2D eigenvalue weighted by Gasteiger charge is 2.31. The van der Waals surface area contributed by atoms with Gasteiger partial charge >= 0.3 is 0 Å². The molecule has 1 aromatic heterocycles. The van der Waals surface area contributed by atoms with Crippen molar-refractivity contribution in [1.82, 2.24) is 4.57 Å². The number of aromatic nitrogens is 1. The van der Waals surface area contributed by atoms with Gasteiger partial charge in [0.25, 0.3) is 0 Å². The first-order valence-corrected chi connectivity index (χ1v) is 9.77. The molecule has 4 rings (SSSR count). The van der Waals surface area contributed by atoms with Crippen molar-refractivity contribution in [2.45, 2.75) is 55.9 Å². The normalized spacial score (nSPS) is 21.8. The van der Waals surface area contributed by atoms with E-state index in [0.29, 0.717) is 10.9 Å². The lowest BCUT2D eigenvalue weighted by Crippen LogP contribution is -2.11. The lowest BCUT2D eigenvalue weighted by molar-refractivity contribution is 0.360. The summed E-state index contributed by atoms with van der Waals surface area (Å²) in [6, 6.07) is 9.88. The summed E-state index contributed by atoms with van der Waals surface area (Å²) in [5.74, 6) is 2.86. The molecule has 0 unspecified atom stereocenters. The summed E-state index contributed by atoms with van der Waals surface area (Å²) in [5, 5.41) is 1.54. The van der Waals surface area contributed by atoms with Crippen LogP contribution in [0.15, 0.2) is 35.4 Å². The third-order valence-corrected chi connectivity index (χ3v) is 7.52. The van der Waals surface area contributed by atoms with Crippen LogP contribution in [0.4, 0.5) is 0 Å². The van der Waals surface area contributed by atoms with E-state index in [4.69, 9.17) is 0 Å². The Labute approximate surface area is 124 Å². The number of hydrogen-bond donors (Lipinski definition) is 0. The molecular weight excluding hydrogens is 262 g/mol. The molecule has 0 atom stereocenters. The van der Waals surface area contributed by atoms with Crippen molar-refractivity contribution in [2.75, 3.05) is 11.5 Å². The zero-order chi connectivity index (χ0) is 13.4. The van der Waals surface area contributed by atoms with E-state index in [1.807, 2.05) is 0 Å². The molecule has 2 aromatic rings. The first kappa shape index (κ1) is 12.8. The molecule has 20 heavy (non-hydrogen) atoms. The molecule has 2 fully saturated rings. The topological polar surface area (TPSA) is 4.93 Å². The van der Waals surface area contributed by atoms with E-state index in [0.717, 1.165) is 6.04 Å². The van der Waals surface area contributed by atoms with Gasteiger partial charge in [0.2, 0.25) is 0 Å². The highest BCUT2D eigenvalue weighted by atomic mass is 32.2. The minimum Gasteiger partial charge on any atom is -0.340 e. The van der Waals surface area contributed by atoms with Crippen LogP contribution in [-0.4, -0.2) is 16.1 Å². The van der Waals surface area contributed by atoms with Crippen LogP contribution in [0.25, 0.3) is 10.9 Å². The summed E-state index contributed by atoms with van der Waals surface area (Å²) in [6.45, 7) is 0. The average Bonchev–Trinajstić information content (AvgIpc) is 3.15. The van der Waals surface area contributed by atoms with Crippen molar-refractivity contribution in [3.8, 4) is 0 Å². The van der Waals surface area contributed by atoms with Gasteiger partial charge in [-0.15, -0.1) is 0 Å². The SMILES string of the molecule is c1ccc2c(c1)c([S+]1CCCC1)cn2C1CCCCC1. The van der Waals surface area contributed by atoms with E-state index in [1.54, 1.807) is 10.3 Å². The van der Waals surface area contributed by atoms with Crippen LogP contribution in [0, 0.1) is 0 Å². The van der Waals surface area contributed by atoms with Crippen molar-refractivity contribution in [3.63, 3.8) is 0 Å². The van der Waals surface area contributed by atoms with Gasteiger partial charge in [-0.3, -0.25) is 0 Å². The molecule has 0 amide bonds. The number of fused-ring (bicyclic) bond motifs is 1. The molecule has 2 heteroatoms. The number of rotatable bonds is 2. The van der Waals surface area contributed by atoms with Gasteiger partial charge in [0.15, 0.2) is 4.90 Å². The molecule has 2 aliphatic rings. The Balaban J connectivity index is 1.79. The van der Waals surface area contributed by atoms with Gasteiger partial charge in [-0.05, 0) is 37.8 Å². The summed E-state index contributed by atoms with van der Waals surface area (Å²) >= 11 is 0. The molecule has 0 bridgehead atoms. The van der Waals surface area contributed by atoms with Crippen molar-refractivity contribution in [1.29, 1.82) is 0 Å². The summed E-state index contributed by atoms with van der Waals surface area (Å²) < 4.78 is 2.63. The molecule has 1 aliphatic heterocycles. The van der Waals surface area contributed by atoms with Gasteiger partial charge in [-0.2, -0.15) is 0 Å². The second-order valence-corrected chi connectivity index (χ2v) is 8.56. The molecule has 1 saturated carbocycles. The lowest BCUT2D eigenvalue weighted by atomic mass is 9.95. The van der Waals surface area contributed by atoms with Gasteiger partial charge in [0, 0.05) is 16.9 Å². The van der Waals surface area contributed by atoms with Crippen molar-refractivity contribution in [2.24, 2.45) is 0 Å². The Kier molecular flexibility index (Phi) is 3.51. The fourth-order valence-corrected chi connectivity index (χ4v) is 6.43. The number of para-hydroxylation sites is 1. The zero-order valence-corrected chi connectivity index (χ0v) is 13.0. The van der Waals surface area contributed by atoms with E-state index in [9.17, 15) is 0 Å². The molecule has 1 saturated heterocycles.